The number of thiophene rings is 1. The summed E-state index contributed by atoms with van der Waals surface area (Å²) in [6.45, 7) is 2.22. The van der Waals surface area contributed by atoms with Crippen LogP contribution in [0, 0.1) is 0 Å². The molecule has 1 heterocycles. The minimum Gasteiger partial charge on any atom is -0.266 e. The molecule has 1 aromatic rings. The predicted molar refractivity (Wildman–Crippen MR) is 97.3 cm³/mol. The number of amides is 1. The monoisotopic (exact) mass is 330 g/mol. The topological polar surface area (TPSA) is 41.5 Å². The lowest BCUT2D eigenvalue weighted by Crippen LogP contribution is -2.18. The molecule has 23 heavy (non-hydrogen) atoms. The van der Waals surface area contributed by atoms with Gasteiger partial charge in [-0.3, -0.25) is 4.79 Å². The zero-order valence-electron chi connectivity index (χ0n) is 14.0. The van der Waals surface area contributed by atoms with Crippen molar-refractivity contribution < 1.29 is 4.79 Å². The molecule has 0 bridgehead atoms. The Balaban J connectivity index is 1.59. The Bertz CT molecular complexity index is 604. The Labute approximate surface area is 142 Å². The Morgan fingerprint density at radius 2 is 2.13 bits per heavy atom. The molecule has 3 nitrogen and oxygen atoms in total. The molecule has 2 aliphatic rings. The first-order chi connectivity index (χ1) is 11.3. The van der Waals surface area contributed by atoms with Crippen molar-refractivity contribution in [2.24, 2.45) is 5.10 Å². The van der Waals surface area contributed by atoms with Crippen molar-refractivity contribution in [3.8, 4) is 0 Å². The normalized spacial score (nSPS) is 18.8. The van der Waals surface area contributed by atoms with Crippen LogP contribution in [0.3, 0.4) is 0 Å². The van der Waals surface area contributed by atoms with Crippen LogP contribution in [0.25, 0.3) is 0 Å². The van der Waals surface area contributed by atoms with Gasteiger partial charge in [-0.15, -0.1) is 11.3 Å². The highest BCUT2D eigenvalue weighted by Crippen LogP contribution is 2.29. The minimum absolute atomic E-state index is 0.0447. The summed E-state index contributed by atoms with van der Waals surface area (Å²) in [5, 5.41) is 4.42. The molecule has 124 valence electrons. The molecule has 0 aliphatic heterocycles. The number of carbonyl (C=O) groups is 1. The number of carbonyl (C=O) groups excluding carboxylic acids is 1. The molecule has 0 radical (unpaired) electrons. The lowest BCUT2D eigenvalue weighted by molar-refractivity contribution is 0.0959. The Morgan fingerprint density at radius 3 is 2.96 bits per heavy atom. The van der Waals surface area contributed by atoms with Gasteiger partial charge in [0.2, 0.25) is 0 Å². The number of hydrazone groups is 1. The summed E-state index contributed by atoms with van der Waals surface area (Å²) in [5.41, 5.74) is 6.58. The molecule has 2 aliphatic carbocycles. The van der Waals surface area contributed by atoms with E-state index in [0.29, 0.717) is 0 Å². The van der Waals surface area contributed by atoms with Crippen molar-refractivity contribution in [3.63, 3.8) is 0 Å². The van der Waals surface area contributed by atoms with E-state index >= 15 is 0 Å². The predicted octanol–water partition coefficient (Wildman–Crippen LogP) is 5.01. The van der Waals surface area contributed by atoms with Crippen LogP contribution < -0.4 is 5.43 Å². The fourth-order valence-electron chi connectivity index (χ4n) is 3.38. The van der Waals surface area contributed by atoms with E-state index in [-0.39, 0.29) is 5.91 Å². The molecule has 0 atom stereocenters. The average molecular weight is 330 g/mol. The number of nitrogens with zero attached hydrogens (tertiary/aromatic N) is 1. The van der Waals surface area contributed by atoms with E-state index in [0.717, 1.165) is 42.7 Å². The van der Waals surface area contributed by atoms with Crippen LogP contribution in [-0.2, 0) is 12.8 Å². The highest BCUT2D eigenvalue weighted by Gasteiger charge is 2.18. The second-order valence-corrected chi connectivity index (χ2v) is 7.63. The van der Waals surface area contributed by atoms with Crippen molar-refractivity contribution in [2.75, 3.05) is 0 Å². The molecule has 1 N–H and O–H groups in total. The number of hydrogen-bond donors (Lipinski definition) is 1. The SMILES string of the molecule is CCCCCC1=CCCC1=NNC(=O)c1cc2c(s1)CCCC2. The van der Waals surface area contributed by atoms with Crippen LogP contribution >= 0.6 is 11.3 Å². The van der Waals surface area contributed by atoms with Gasteiger partial charge in [0.1, 0.15) is 0 Å². The van der Waals surface area contributed by atoms with Crippen LogP contribution in [0.2, 0.25) is 0 Å². The Kier molecular flexibility index (Phi) is 5.65. The fourth-order valence-corrected chi connectivity index (χ4v) is 4.52. The summed E-state index contributed by atoms with van der Waals surface area (Å²) in [6.07, 6.45) is 13.9. The quantitative estimate of drug-likeness (QED) is 0.578. The summed E-state index contributed by atoms with van der Waals surface area (Å²) in [7, 11) is 0. The van der Waals surface area contributed by atoms with Crippen LogP contribution in [-0.4, -0.2) is 11.6 Å². The molecule has 4 heteroatoms. The zero-order valence-corrected chi connectivity index (χ0v) is 14.8. The van der Waals surface area contributed by atoms with Crippen molar-refractivity contribution in [1.29, 1.82) is 0 Å². The summed E-state index contributed by atoms with van der Waals surface area (Å²) >= 11 is 1.65. The lowest BCUT2D eigenvalue weighted by atomic mass is 9.99. The Hall–Kier alpha value is -1.42. The van der Waals surface area contributed by atoms with Crippen molar-refractivity contribution in [2.45, 2.75) is 71.1 Å². The maximum Gasteiger partial charge on any atom is 0.281 e. The number of hydrogen-bond acceptors (Lipinski definition) is 3. The van der Waals surface area contributed by atoms with Crippen LogP contribution in [0.15, 0.2) is 22.8 Å². The van der Waals surface area contributed by atoms with Crippen LogP contribution in [0.5, 0.6) is 0 Å². The molecule has 3 rings (SSSR count). The summed E-state index contributed by atoms with van der Waals surface area (Å²) in [6, 6.07) is 2.07. The highest BCUT2D eigenvalue weighted by molar-refractivity contribution is 7.14. The second-order valence-electron chi connectivity index (χ2n) is 6.49. The third kappa shape index (κ3) is 4.11. The number of unbranched alkanes of at least 4 members (excludes halogenated alkanes) is 2. The molecule has 1 aromatic heterocycles. The third-order valence-electron chi connectivity index (χ3n) is 4.71. The zero-order chi connectivity index (χ0) is 16.1. The van der Waals surface area contributed by atoms with Crippen LogP contribution in [0.4, 0.5) is 0 Å². The average Bonchev–Trinajstić information content (AvgIpc) is 3.19. The summed E-state index contributed by atoms with van der Waals surface area (Å²) < 4.78 is 0. The van der Waals surface area contributed by atoms with E-state index in [4.69, 9.17) is 0 Å². The molecule has 0 saturated carbocycles. The first-order valence-electron chi connectivity index (χ1n) is 8.96. The molecule has 0 saturated heterocycles. The standard InChI is InChI=1S/C19H26N2OS/c1-2-3-4-8-14-10-7-11-16(14)20-21-19(22)18-13-15-9-5-6-12-17(15)23-18/h10,13H,2-9,11-12H2,1H3,(H,21,22). The van der Waals surface area contributed by atoms with E-state index in [1.807, 2.05) is 0 Å². The van der Waals surface area contributed by atoms with Gasteiger partial charge in [-0.05, 0) is 68.6 Å². The number of allylic oxidation sites excluding steroid dienone is 2. The Morgan fingerprint density at radius 1 is 1.26 bits per heavy atom. The van der Waals surface area contributed by atoms with Gasteiger partial charge in [0.25, 0.3) is 5.91 Å². The van der Waals surface area contributed by atoms with Gasteiger partial charge in [-0.25, -0.2) is 5.43 Å². The van der Waals surface area contributed by atoms with Gasteiger partial charge in [0, 0.05) is 4.88 Å². The lowest BCUT2D eigenvalue weighted by Gasteiger charge is -2.08. The number of rotatable bonds is 6. The van der Waals surface area contributed by atoms with Gasteiger partial charge in [-0.1, -0.05) is 25.8 Å². The van der Waals surface area contributed by atoms with Gasteiger partial charge >= 0.3 is 0 Å². The van der Waals surface area contributed by atoms with Gasteiger partial charge in [0.15, 0.2) is 0 Å². The first kappa shape index (κ1) is 16.4. The molecular formula is C19H26N2OS. The molecular weight excluding hydrogens is 304 g/mol. The maximum atomic E-state index is 12.4. The van der Waals surface area contributed by atoms with E-state index < -0.39 is 0 Å². The number of nitrogens with one attached hydrogen (secondary N) is 1. The molecule has 1 amide bonds. The third-order valence-corrected chi connectivity index (χ3v) is 5.94. The van der Waals surface area contributed by atoms with E-state index in [9.17, 15) is 4.79 Å². The summed E-state index contributed by atoms with van der Waals surface area (Å²) in [4.78, 5) is 14.6. The first-order valence-corrected chi connectivity index (χ1v) is 9.77. The van der Waals surface area contributed by atoms with Crippen molar-refractivity contribution in [3.05, 3.63) is 33.0 Å². The van der Waals surface area contributed by atoms with E-state index in [1.165, 1.54) is 48.1 Å². The maximum absolute atomic E-state index is 12.4. The smallest absolute Gasteiger partial charge is 0.266 e. The largest absolute Gasteiger partial charge is 0.281 e. The van der Waals surface area contributed by atoms with E-state index in [2.05, 4.69) is 29.6 Å². The summed E-state index contributed by atoms with van der Waals surface area (Å²) in [5.74, 6) is -0.0447. The van der Waals surface area contributed by atoms with Crippen molar-refractivity contribution >= 4 is 23.0 Å². The molecule has 0 aromatic carbocycles. The second kappa shape index (κ2) is 7.91. The highest BCUT2D eigenvalue weighted by atomic mass is 32.1. The molecule has 0 spiro atoms. The van der Waals surface area contributed by atoms with Crippen molar-refractivity contribution in [1.82, 2.24) is 5.43 Å². The minimum atomic E-state index is -0.0447. The fraction of sp³-hybridized carbons (Fsp3) is 0.579. The van der Waals surface area contributed by atoms with E-state index in [1.54, 1.807) is 11.3 Å². The van der Waals surface area contributed by atoms with Gasteiger partial charge < -0.3 is 0 Å². The van der Waals surface area contributed by atoms with Crippen LogP contribution in [0.1, 0.15) is 78.4 Å². The number of aryl methyl sites for hydroxylation is 2. The molecule has 0 fully saturated rings. The van der Waals surface area contributed by atoms with Gasteiger partial charge in [-0.2, -0.15) is 5.10 Å². The number of fused-ring (bicyclic) bond motifs is 1. The van der Waals surface area contributed by atoms with Gasteiger partial charge in [0.05, 0.1) is 10.6 Å². The molecule has 0 unspecified atom stereocenters.